The molecule has 0 aliphatic heterocycles. The van der Waals surface area contributed by atoms with E-state index in [1.54, 1.807) is 42.5 Å². The Morgan fingerprint density at radius 3 is 2.53 bits per heavy atom. The Balaban J connectivity index is 1.64. The fraction of sp³-hybridized carbons (Fsp3) is 0.0417. The molecule has 1 aromatic heterocycles. The molecule has 1 N–H and O–H groups in total. The van der Waals surface area contributed by atoms with Crippen molar-refractivity contribution in [3.05, 3.63) is 95.0 Å². The van der Waals surface area contributed by atoms with Gasteiger partial charge in [0, 0.05) is 21.5 Å². The van der Waals surface area contributed by atoms with Crippen LogP contribution in [-0.4, -0.2) is 23.7 Å². The van der Waals surface area contributed by atoms with Crippen LogP contribution in [0.25, 0.3) is 22.2 Å². The molecule has 4 aromatic rings. The minimum Gasteiger partial charge on any atom is -0.434 e. The number of aromatic nitrogens is 1. The van der Waals surface area contributed by atoms with Gasteiger partial charge in [-0.15, -0.1) is 0 Å². The first-order valence-electron chi connectivity index (χ1n) is 9.54. The Morgan fingerprint density at radius 1 is 1.03 bits per heavy atom. The molecule has 0 saturated carbocycles. The Hall–Kier alpha value is -3.84. The number of carbonyl (C=O) groups is 1. The molecule has 0 aliphatic carbocycles. The van der Waals surface area contributed by atoms with Gasteiger partial charge < -0.3 is 4.74 Å². The van der Waals surface area contributed by atoms with Crippen LogP contribution in [0.4, 0.5) is 8.78 Å². The van der Waals surface area contributed by atoms with Crippen LogP contribution in [0.5, 0.6) is 5.75 Å². The van der Waals surface area contributed by atoms with Crippen LogP contribution in [0.2, 0.25) is 5.02 Å². The first-order valence-corrected chi connectivity index (χ1v) is 9.92. The van der Waals surface area contributed by atoms with Crippen molar-refractivity contribution < 1.29 is 18.3 Å². The molecule has 0 atom stereocenters. The van der Waals surface area contributed by atoms with Crippen LogP contribution >= 0.6 is 11.6 Å². The first kappa shape index (κ1) is 21.4. The number of rotatable bonds is 6. The molecule has 0 bridgehead atoms. The van der Waals surface area contributed by atoms with E-state index in [4.69, 9.17) is 11.6 Å². The molecule has 0 aliphatic rings. The number of nitrogens with zero attached hydrogens (tertiary/aromatic N) is 2. The zero-order chi connectivity index (χ0) is 22.5. The van der Waals surface area contributed by atoms with Gasteiger partial charge >= 0.3 is 6.61 Å². The number of fused-ring (bicyclic) bond motifs is 1. The number of alkyl halides is 2. The van der Waals surface area contributed by atoms with Crippen molar-refractivity contribution in [2.75, 3.05) is 0 Å². The lowest BCUT2D eigenvalue weighted by Gasteiger charge is -2.09. The number of hydrogen-bond donors (Lipinski definition) is 1. The lowest BCUT2D eigenvalue weighted by molar-refractivity contribution is -0.0499. The summed E-state index contributed by atoms with van der Waals surface area (Å²) in [5.41, 5.74) is 5.16. The third-order valence-corrected chi connectivity index (χ3v) is 4.86. The number of pyridine rings is 1. The quantitative estimate of drug-likeness (QED) is 0.292. The van der Waals surface area contributed by atoms with Crippen molar-refractivity contribution in [3.63, 3.8) is 0 Å². The van der Waals surface area contributed by atoms with Gasteiger partial charge in [0.1, 0.15) is 5.75 Å². The summed E-state index contributed by atoms with van der Waals surface area (Å²) in [5, 5.41) is 5.17. The lowest BCUT2D eigenvalue weighted by atomic mass is 10.0. The standard InChI is InChI=1S/C24H16ClF2N3O2/c25-17-11-9-15(10-12-17)21-13-19(18-6-2-3-7-20(18)29-21)23(31)30-28-14-16-5-1-4-8-22(16)32-24(26)27/h1-14,24H,(H,30,31)/b28-14+. The normalized spacial score (nSPS) is 11.2. The second-order valence-corrected chi connectivity index (χ2v) is 7.13. The van der Waals surface area contributed by atoms with Gasteiger partial charge in [-0.1, -0.05) is 54.1 Å². The first-order chi connectivity index (χ1) is 15.5. The van der Waals surface area contributed by atoms with Gasteiger partial charge in [-0.25, -0.2) is 10.4 Å². The van der Waals surface area contributed by atoms with Crippen molar-refractivity contribution in [1.82, 2.24) is 10.4 Å². The molecule has 5 nitrogen and oxygen atoms in total. The maximum Gasteiger partial charge on any atom is 0.387 e. The van der Waals surface area contributed by atoms with Crippen LogP contribution in [0, 0.1) is 0 Å². The second-order valence-electron chi connectivity index (χ2n) is 6.69. The third-order valence-electron chi connectivity index (χ3n) is 4.61. The van der Waals surface area contributed by atoms with Crippen molar-refractivity contribution in [2.45, 2.75) is 6.61 Å². The monoisotopic (exact) mass is 451 g/mol. The van der Waals surface area contributed by atoms with E-state index in [9.17, 15) is 13.6 Å². The summed E-state index contributed by atoms with van der Waals surface area (Å²) in [5.74, 6) is -0.512. The minimum absolute atomic E-state index is 0.0418. The van der Waals surface area contributed by atoms with Crippen molar-refractivity contribution in [1.29, 1.82) is 0 Å². The molecule has 8 heteroatoms. The molecule has 4 rings (SSSR count). The lowest BCUT2D eigenvalue weighted by Crippen LogP contribution is -2.18. The third kappa shape index (κ3) is 4.90. The maximum absolute atomic E-state index is 12.9. The van der Waals surface area contributed by atoms with Gasteiger partial charge in [0.25, 0.3) is 5.91 Å². The predicted octanol–water partition coefficient (Wildman–Crippen LogP) is 5.92. The van der Waals surface area contributed by atoms with Gasteiger partial charge in [-0.2, -0.15) is 13.9 Å². The number of halogens is 3. The highest BCUT2D eigenvalue weighted by Crippen LogP contribution is 2.26. The molecule has 1 heterocycles. The van der Waals surface area contributed by atoms with Crippen LogP contribution < -0.4 is 10.2 Å². The topological polar surface area (TPSA) is 63.6 Å². The number of nitrogens with one attached hydrogen (secondary N) is 1. The number of hydrazone groups is 1. The Morgan fingerprint density at radius 2 is 1.75 bits per heavy atom. The highest BCUT2D eigenvalue weighted by molar-refractivity contribution is 6.30. The molecule has 0 fully saturated rings. The number of amides is 1. The predicted molar refractivity (Wildman–Crippen MR) is 120 cm³/mol. The smallest absolute Gasteiger partial charge is 0.387 e. The molecule has 3 aromatic carbocycles. The second kappa shape index (κ2) is 9.53. The summed E-state index contributed by atoms with van der Waals surface area (Å²) in [7, 11) is 0. The Bertz CT molecular complexity index is 1290. The van der Waals surface area contributed by atoms with E-state index in [2.05, 4.69) is 20.2 Å². The number of para-hydroxylation sites is 2. The molecule has 0 spiro atoms. The highest BCUT2D eigenvalue weighted by atomic mass is 35.5. The van der Waals surface area contributed by atoms with Crippen LogP contribution in [0.3, 0.4) is 0 Å². The van der Waals surface area contributed by atoms with E-state index in [1.165, 1.54) is 12.3 Å². The zero-order valence-corrected chi connectivity index (χ0v) is 17.3. The van der Waals surface area contributed by atoms with E-state index < -0.39 is 12.5 Å². The van der Waals surface area contributed by atoms with Gasteiger partial charge in [0.2, 0.25) is 0 Å². The van der Waals surface area contributed by atoms with E-state index in [1.807, 2.05) is 30.3 Å². The van der Waals surface area contributed by atoms with Crippen LogP contribution in [0.15, 0.2) is 84.0 Å². The Labute approximate surface area is 187 Å². The fourth-order valence-electron chi connectivity index (χ4n) is 3.14. The molecule has 0 unspecified atom stereocenters. The SMILES string of the molecule is O=C(N/N=C/c1ccccc1OC(F)F)c1cc(-c2ccc(Cl)cc2)nc2ccccc12. The van der Waals surface area contributed by atoms with Crippen LogP contribution in [0.1, 0.15) is 15.9 Å². The summed E-state index contributed by atoms with van der Waals surface area (Å²) in [6.07, 6.45) is 1.25. The van der Waals surface area contributed by atoms with Gasteiger partial charge in [0.15, 0.2) is 0 Å². The number of benzene rings is 3. The molecular formula is C24H16ClF2N3O2. The summed E-state index contributed by atoms with van der Waals surface area (Å²) in [4.78, 5) is 17.6. The average Bonchev–Trinajstić information content (AvgIpc) is 2.79. The van der Waals surface area contributed by atoms with Gasteiger partial charge in [-0.05, 0) is 36.4 Å². The summed E-state index contributed by atoms with van der Waals surface area (Å²) >= 11 is 5.97. The summed E-state index contributed by atoms with van der Waals surface area (Å²) < 4.78 is 29.6. The van der Waals surface area contributed by atoms with Crippen molar-refractivity contribution >= 4 is 34.6 Å². The van der Waals surface area contributed by atoms with Crippen molar-refractivity contribution in [3.8, 4) is 17.0 Å². The van der Waals surface area contributed by atoms with E-state index >= 15 is 0 Å². The highest BCUT2D eigenvalue weighted by Gasteiger charge is 2.14. The molecular weight excluding hydrogens is 436 g/mol. The van der Waals surface area contributed by atoms with E-state index in [0.29, 0.717) is 32.7 Å². The van der Waals surface area contributed by atoms with Gasteiger partial charge in [0.05, 0.1) is 23.0 Å². The van der Waals surface area contributed by atoms with Gasteiger partial charge in [-0.3, -0.25) is 4.79 Å². The summed E-state index contributed by atoms with van der Waals surface area (Å²) in [6, 6.07) is 22.2. The zero-order valence-electron chi connectivity index (χ0n) is 16.5. The Kier molecular flexibility index (Phi) is 6.37. The van der Waals surface area contributed by atoms with E-state index in [-0.39, 0.29) is 5.75 Å². The molecule has 0 saturated heterocycles. The maximum atomic E-state index is 12.9. The number of ether oxygens (including phenoxy) is 1. The molecule has 160 valence electrons. The molecule has 0 radical (unpaired) electrons. The number of hydrogen-bond acceptors (Lipinski definition) is 4. The van der Waals surface area contributed by atoms with Crippen molar-refractivity contribution in [2.24, 2.45) is 5.10 Å². The van der Waals surface area contributed by atoms with Crippen LogP contribution in [-0.2, 0) is 0 Å². The minimum atomic E-state index is -2.96. The summed E-state index contributed by atoms with van der Waals surface area (Å²) in [6.45, 7) is -2.96. The van der Waals surface area contributed by atoms with E-state index in [0.717, 1.165) is 5.56 Å². The molecule has 32 heavy (non-hydrogen) atoms. The number of carbonyl (C=O) groups excluding carboxylic acids is 1. The largest absolute Gasteiger partial charge is 0.434 e. The average molecular weight is 452 g/mol. The molecule has 1 amide bonds. The fourth-order valence-corrected chi connectivity index (χ4v) is 3.27.